The average molecular weight is 705 g/mol. The third-order valence-electron chi connectivity index (χ3n) is 7.19. The molecule has 3 aliphatic rings. The van der Waals surface area contributed by atoms with E-state index in [1.165, 1.54) is 40.2 Å². The van der Waals surface area contributed by atoms with Gasteiger partial charge >= 0.3 is 5.97 Å². The van der Waals surface area contributed by atoms with E-state index in [1.54, 1.807) is 17.6 Å². The number of nitrogen functional groups attached to an aromatic ring is 1. The van der Waals surface area contributed by atoms with Crippen LogP contribution in [0.5, 0.6) is 0 Å². The number of morpholine rings is 1. The molecule has 2 fully saturated rings. The van der Waals surface area contributed by atoms with Crippen LogP contribution in [-0.2, 0) is 24.0 Å². The number of thiazole rings is 1. The minimum atomic E-state index is -1.30. The third kappa shape index (κ3) is 6.48. The van der Waals surface area contributed by atoms with E-state index >= 15 is 0 Å². The van der Waals surface area contributed by atoms with Gasteiger partial charge in [0, 0.05) is 46.1 Å². The molecule has 3 aromatic rings. The quantitative estimate of drug-likeness (QED) is 0.122. The summed E-state index contributed by atoms with van der Waals surface area (Å²) in [4.78, 5) is 62.9. The molecule has 46 heavy (non-hydrogen) atoms. The molecular formula is C28H25FN6O7S4. The maximum absolute atomic E-state index is 13.1. The number of hydrogen-bond donors (Lipinski definition) is 3. The summed E-state index contributed by atoms with van der Waals surface area (Å²) >= 11 is 5.05. The summed E-state index contributed by atoms with van der Waals surface area (Å²) in [6.45, 7) is 1.56. The summed E-state index contributed by atoms with van der Waals surface area (Å²) in [6.07, 6.45) is 1.62. The van der Waals surface area contributed by atoms with Gasteiger partial charge in [0.05, 0.1) is 17.4 Å². The van der Waals surface area contributed by atoms with Crippen molar-refractivity contribution in [3.63, 3.8) is 0 Å². The Balaban J connectivity index is 1.17. The number of hydrogen-bond acceptors (Lipinski definition) is 14. The van der Waals surface area contributed by atoms with Gasteiger partial charge < -0.3 is 30.6 Å². The van der Waals surface area contributed by atoms with Gasteiger partial charge in [0.2, 0.25) is 0 Å². The number of carbonyl (C=O) groups is 3. The number of β-lactam (4-membered cyclic amide) rings is 1. The minimum Gasteiger partial charge on any atom is -0.477 e. The number of carboxylic acids is 1. The highest BCUT2D eigenvalue weighted by Gasteiger charge is 2.54. The van der Waals surface area contributed by atoms with E-state index in [-0.39, 0.29) is 33.4 Å². The number of carbonyl (C=O) groups excluding carboxylic acids is 2. The molecule has 0 saturated carbocycles. The number of aliphatic carboxylic acids is 1. The minimum absolute atomic E-state index is 0.0402. The molecule has 1 aromatic carbocycles. The second kappa shape index (κ2) is 13.8. The van der Waals surface area contributed by atoms with Crippen LogP contribution in [0.3, 0.4) is 0 Å². The smallest absolute Gasteiger partial charge is 0.352 e. The van der Waals surface area contributed by atoms with Crippen molar-refractivity contribution in [3.05, 3.63) is 68.3 Å². The van der Waals surface area contributed by atoms with E-state index in [0.717, 1.165) is 43.9 Å². The SMILES string of the molecule is Nc1nc(C(=NOCF)C(=O)NC2C(=O)N3C(C(=O)O)=C(C=CSc4cc(=O)c5ccc(N6CCOCC6)cc5s4)CS[C@@H]23)cs1. The van der Waals surface area contributed by atoms with Gasteiger partial charge in [-0.2, -0.15) is 0 Å². The van der Waals surface area contributed by atoms with Gasteiger partial charge in [-0.3, -0.25) is 19.3 Å². The lowest BCUT2D eigenvalue weighted by atomic mass is 10.0. The summed E-state index contributed by atoms with van der Waals surface area (Å²) in [5.41, 5.74) is 6.42. The molecule has 0 aliphatic carbocycles. The number of nitrogens with one attached hydrogen (secondary N) is 1. The highest BCUT2D eigenvalue weighted by molar-refractivity contribution is 8.04. The second-order valence-corrected chi connectivity index (χ2v) is 14.2. The van der Waals surface area contributed by atoms with Crippen LogP contribution in [0.4, 0.5) is 15.2 Å². The number of carboxylic acid groups (broad SMARTS) is 1. The molecule has 3 aliphatic heterocycles. The lowest BCUT2D eigenvalue weighted by Crippen LogP contribution is -2.71. The lowest BCUT2D eigenvalue weighted by molar-refractivity contribution is -0.150. The predicted molar refractivity (Wildman–Crippen MR) is 176 cm³/mol. The molecule has 2 atom stereocenters. The average Bonchev–Trinajstić information content (AvgIpc) is 3.49. The molecule has 0 spiro atoms. The van der Waals surface area contributed by atoms with Crippen molar-refractivity contribution in [2.24, 2.45) is 5.16 Å². The number of alkyl halides is 1. The van der Waals surface area contributed by atoms with Crippen LogP contribution in [0.1, 0.15) is 5.69 Å². The van der Waals surface area contributed by atoms with Gasteiger partial charge in [0.25, 0.3) is 18.7 Å². The van der Waals surface area contributed by atoms with Gasteiger partial charge in [-0.25, -0.2) is 14.2 Å². The molecule has 5 heterocycles. The zero-order chi connectivity index (χ0) is 32.4. The molecule has 2 saturated heterocycles. The number of nitrogens with zero attached hydrogens (tertiary/aromatic N) is 4. The van der Waals surface area contributed by atoms with Gasteiger partial charge in [-0.05, 0) is 35.3 Å². The molecule has 0 radical (unpaired) electrons. The molecule has 2 aromatic heterocycles. The predicted octanol–water partition coefficient (Wildman–Crippen LogP) is 2.83. The Labute approximate surface area is 276 Å². The normalized spacial score (nSPS) is 20.2. The van der Waals surface area contributed by atoms with E-state index in [1.807, 2.05) is 18.2 Å². The van der Waals surface area contributed by atoms with Gasteiger partial charge in [0.15, 0.2) is 16.3 Å². The van der Waals surface area contributed by atoms with Crippen LogP contribution in [-0.4, -0.2) is 88.8 Å². The van der Waals surface area contributed by atoms with E-state index < -0.39 is 36.1 Å². The number of oxime groups is 1. The van der Waals surface area contributed by atoms with Crippen LogP contribution in [0.15, 0.2) is 66.6 Å². The van der Waals surface area contributed by atoms with Crippen LogP contribution >= 0.6 is 46.2 Å². The lowest BCUT2D eigenvalue weighted by Gasteiger charge is -2.49. The Morgan fingerprint density at radius 2 is 2.09 bits per heavy atom. The summed E-state index contributed by atoms with van der Waals surface area (Å²) in [5.74, 6) is -2.54. The molecule has 0 bridgehead atoms. The molecule has 18 heteroatoms. The van der Waals surface area contributed by atoms with E-state index in [4.69, 9.17) is 10.5 Å². The summed E-state index contributed by atoms with van der Waals surface area (Å²) < 4.78 is 19.6. The number of halogens is 1. The molecule has 240 valence electrons. The monoisotopic (exact) mass is 704 g/mol. The van der Waals surface area contributed by atoms with Crippen LogP contribution in [0.2, 0.25) is 0 Å². The van der Waals surface area contributed by atoms with Crippen LogP contribution in [0, 0.1) is 0 Å². The van der Waals surface area contributed by atoms with Crippen molar-refractivity contribution in [1.29, 1.82) is 0 Å². The van der Waals surface area contributed by atoms with E-state index in [2.05, 4.69) is 25.2 Å². The Morgan fingerprint density at radius 3 is 2.80 bits per heavy atom. The highest BCUT2D eigenvalue weighted by Crippen LogP contribution is 2.41. The fourth-order valence-corrected chi connectivity index (χ4v) is 8.93. The molecule has 6 rings (SSSR count). The Hall–Kier alpha value is -3.97. The number of benzene rings is 1. The number of nitrogens with two attached hydrogens (primary N) is 1. The second-order valence-electron chi connectivity index (χ2n) is 9.92. The maximum Gasteiger partial charge on any atom is 0.352 e. The number of rotatable bonds is 10. The molecule has 2 amide bonds. The highest BCUT2D eigenvalue weighted by atomic mass is 32.2. The number of thioether (sulfide) groups is 2. The molecule has 4 N–H and O–H groups in total. The fourth-order valence-electron chi connectivity index (χ4n) is 5.05. The summed E-state index contributed by atoms with van der Waals surface area (Å²) in [6, 6.07) is 6.28. The molecular weight excluding hydrogens is 680 g/mol. The van der Waals surface area contributed by atoms with Crippen molar-refractivity contribution < 1.29 is 33.5 Å². The Morgan fingerprint density at radius 1 is 1.28 bits per heavy atom. The number of aromatic nitrogens is 1. The molecule has 1 unspecified atom stereocenters. The zero-order valence-corrected chi connectivity index (χ0v) is 27.0. The first kappa shape index (κ1) is 32.0. The van der Waals surface area contributed by atoms with Crippen LogP contribution < -0.4 is 21.4 Å². The van der Waals surface area contributed by atoms with Gasteiger partial charge in [0.1, 0.15) is 22.8 Å². The fraction of sp³-hybridized carbons (Fsp3) is 0.286. The topological polar surface area (TPSA) is 177 Å². The Kier molecular flexibility index (Phi) is 9.60. The Bertz CT molecular complexity index is 1850. The van der Waals surface area contributed by atoms with Crippen molar-refractivity contribution in [3.8, 4) is 0 Å². The largest absolute Gasteiger partial charge is 0.477 e. The number of amides is 2. The summed E-state index contributed by atoms with van der Waals surface area (Å²) in [7, 11) is 0. The van der Waals surface area contributed by atoms with Crippen molar-refractivity contribution >= 4 is 90.6 Å². The van der Waals surface area contributed by atoms with E-state index in [0.29, 0.717) is 24.2 Å². The maximum atomic E-state index is 13.1. The van der Waals surface area contributed by atoms with Crippen molar-refractivity contribution in [2.45, 2.75) is 15.6 Å². The van der Waals surface area contributed by atoms with E-state index in [9.17, 15) is 28.7 Å². The first-order chi connectivity index (χ1) is 22.2. The number of ether oxygens (including phenoxy) is 1. The number of allylic oxidation sites excluding steroid dienone is 1. The molecule has 13 nitrogen and oxygen atoms in total. The van der Waals surface area contributed by atoms with Gasteiger partial charge in [-0.15, -0.1) is 34.4 Å². The standard InChI is InChI=1S/C28H25FN6O7S4/c29-13-42-33-21(17-12-45-28(30)31-17)24(37)32-22-25(38)35-23(27(39)40)14(11-44-26(22)35)3-8-43-20-10-18(36)16-2-1-15(9-19(16)46-20)34-4-6-41-7-5-34/h1-3,8-10,12,22,26H,4-7,11,13H2,(H2,30,31)(H,32,37)(H,39,40)/t22?,26-/m0/s1. The number of anilines is 2. The van der Waals surface area contributed by atoms with Gasteiger partial charge in [-0.1, -0.05) is 16.9 Å². The first-order valence-corrected chi connectivity index (χ1v) is 17.3. The van der Waals surface area contributed by atoms with Crippen molar-refractivity contribution in [1.82, 2.24) is 15.2 Å². The van der Waals surface area contributed by atoms with Crippen molar-refractivity contribution in [2.75, 3.05) is 49.6 Å². The van der Waals surface area contributed by atoms with Crippen LogP contribution in [0.25, 0.3) is 10.1 Å². The third-order valence-corrected chi connectivity index (χ3v) is 11.2. The number of fused-ring (bicyclic) bond motifs is 2. The summed E-state index contributed by atoms with van der Waals surface area (Å²) in [5, 5.41) is 19.2. The zero-order valence-electron chi connectivity index (χ0n) is 23.7. The first-order valence-electron chi connectivity index (χ1n) is 13.7.